The number of rotatable bonds is 5. The average Bonchev–Trinajstić information content (AvgIpc) is 2.46. The molecule has 1 N–H and O–H groups in total. The van der Waals surface area contributed by atoms with Crippen LogP contribution in [0.5, 0.6) is 0 Å². The van der Waals surface area contributed by atoms with E-state index in [2.05, 4.69) is 31.2 Å². The second kappa shape index (κ2) is 6.36. The van der Waals surface area contributed by atoms with Crippen molar-refractivity contribution in [2.45, 2.75) is 32.3 Å². The van der Waals surface area contributed by atoms with Crippen LogP contribution in [0.1, 0.15) is 36.1 Å². The molecule has 0 saturated carbocycles. The standard InChI is InChI=1S/C17H20O/c1-2-14-7-6-8-15(13-14)11-12-17(18)16-9-4-3-5-10-16/h3-10,13,17-18H,2,11-12H2,1H3. The van der Waals surface area contributed by atoms with Crippen molar-refractivity contribution in [2.24, 2.45) is 0 Å². The zero-order valence-corrected chi connectivity index (χ0v) is 10.8. The molecule has 1 unspecified atom stereocenters. The lowest BCUT2D eigenvalue weighted by Crippen LogP contribution is -1.99. The fraction of sp³-hybridized carbons (Fsp3) is 0.294. The zero-order chi connectivity index (χ0) is 12.8. The smallest absolute Gasteiger partial charge is 0.0793 e. The molecule has 0 aliphatic carbocycles. The van der Waals surface area contributed by atoms with Gasteiger partial charge in [0.25, 0.3) is 0 Å². The van der Waals surface area contributed by atoms with Gasteiger partial charge in [-0.3, -0.25) is 0 Å². The van der Waals surface area contributed by atoms with E-state index in [-0.39, 0.29) is 6.10 Å². The minimum absolute atomic E-state index is 0.364. The molecule has 0 fully saturated rings. The molecule has 0 aliphatic rings. The Bertz CT molecular complexity index is 476. The Hall–Kier alpha value is -1.60. The number of hydrogen-bond donors (Lipinski definition) is 1. The maximum atomic E-state index is 10.1. The second-order valence-electron chi connectivity index (χ2n) is 4.64. The van der Waals surface area contributed by atoms with Gasteiger partial charge in [-0.25, -0.2) is 0 Å². The highest BCUT2D eigenvalue weighted by Gasteiger charge is 2.06. The van der Waals surface area contributed by atoms with Crippen molar-refractivity contribution >= 4 is 0 Å². The maximum Gasteiger partial charge on any atom is 0.0793 e. The highest BCUT2D eigenvalue weighted by molar-refractivity contribution is 5.24. The van der Waals surface area contributed by atoms with E-state index in [9.17, 15) is 5.11 Å². The molecule has 0 aromatic heterocycles. The van der Waals surface area contributed by atoms with Crippen LogP contribution in [0.15, 0.2) is 54.6 Å². The molecule has 1 atom stereocenters. The van der Waals surface area contributed by atoms with E-state index in [1.54, 1.807) is 0 Å². The Morgan fingerprint density at radius 2 is 1.67 bits per heavy atom. The summed E-state index contributed by atoms with van der Waals surface area (Å²) in [6.07, 6.45) is 2.40. The maximum absolute atomic E-state index is 10.1. The Morgan fingerprint density at radius 1 is 0.944 bits per heavy atom. The van der Waals surface area contributed by atoms with Crippen LogP contribution in [0.2, 0.25) is 0 Å². The van der Waals surface area contributed by atoms with E-state index >= 15 is 0 Å². The molecular formula is C17H20O. The van der Waals surface area contributed by atoms with Gasteiger partial charge >= 0.3 is 0 Å². The van der Waals surface area contributed by atoms with Crippen molar-refractivity contribution < 1.29 is 5.11 Å². The van der Waals surface area contributed by atoms with E-state index in [4.69, 9.17) is 0 Å². The average molecular weight is 240 g/mol. The van der Waals surface area contributed by atoms with Crippen molar-refractivity contribution in [1.29, 1.82) is 0 Å². The Balaban J connectivity index is 1.95. The number of aliphatic hydroxyl groups excluding tert-OH is 1. The molecule has 0 bridgehead atoms. The molecule has 0 aliphatic heterocycles. The first-order valence-electron chi connectivity index (χ1n) is 6.60. The lowest BCUT2D eigenvalue weighted by molar-refractivity contribution is 0.168. The van der Waals surface area contributed by atoms with Gasteiger partial charge in [-0.2, -0.15) is 0 Å². The fourth-order valence-electron chi connectivity index (χ4n) is 2.15. The minimum atomic E-state index is -0.364. The summed E-state index contributed by atoms with van der Waals surface area (Å²) in [5, 5.41) is 10.1. The number of aliphatic hydroxyl groups is 1. The third kappa shape index (κ3) is 3.44. The van der Waals surface area contributed by atoms with Crippen LogP contribution in [0, 0.1) is 0 Å². The van der Waals surface area contributed by atoms with E-state index in [0.29, 0.717) is 0 Å². The molecule has 2 rings (SSSR count). The molecule has 0 amide bonds. The van der Waals surface area contributed by atoms with Crippen molar-refractivity contribution in [3.63, 3.8) is 0 Å². The molecule has 0 heterocycles. The Labute approximate surface area is 109 Å². The molecule has 1 nitrogen and oxygen atoms in total. The van der Waals surface area contributed by atoms with Gasteiger partial charge in [0, 0.05) is 0 Å². The van der Waals surface area contributed by atoms with E-state index in [1.165, 1.54) is 11.1 Å². The van der Waals surface area contributed by atoms with E-state index in [0.717, 1.165) is 24.8 Å². The van der Waals surface area contributed by atoms with Crippen LogP contribution in [0.4, 0.5) is 0 Å². The minimum Gasteiger partial charge on any atom is -0.388 e. The molecule has 18 heavy (non-hydrogen) atoms. The highest BCUT2D eigenvalue weighted by Crippen LogP contribution is 2.19. The largest absolute Gasteiger partial charge is 0.388 e. The summed E-state index contributed by atoms with van der Waals surface area (Å²) in [6.45, 7) is 2.16. The number of aryl methyl sites for hydroxylation is 2. The van der Waals surface area contributed by atoms with Crippen molar-refractivity contribution in [3.05, 3.63) is 71.3 Å². The Morgan fingerprint density at radius 3 is 2.39 bits per heavy atom. The van der Waals surface area contributed by atoms with Crippen molar-refractivity contribution in [2.75, 3.05) is 0 Å². The number of hydrogen-bond acceptors (Lipinski definition) is 1. The molecule has 0 radical (unpaired) electrons. The van der Waals surface area contributed by atoms with Crippen molar-refractivity contribution in [3.8, 4) is 0 Å². The molecule has 1 heteroatoms. The first-order chi connectivity index (χ1) is 8.79. The molecule has 2 aromatic rings. The van der Waals surface area contributed by atoms with Crippen LogP contribution in [-0.2, 0) is 12.8 Å². The predicted octanol–water partition coefficient (Wildman–Crippen LogP) is 3.92. The van der Waals surface area contributed by atoms with Gasteiger partial charge in [0.05, 0.1) is 6.10 Å². The van der Waals surface area contributed by atoms with Crippen LogP contribution in [0.25, 0.3) is 0 Å². The third-order valence-electron chi connectivity index (χ3n) is 3.29. The Kier molecular flexibility index (Phi) is 4.54. The van der Waals surface area contributed by atoms with Crippen LogP contribution in [-0.4, -0.2) is 5.11 Å². The monoisotopic (exact) mass is 240 g/mol. The first-order valence-corrected chi connectivity index (χ1v) is 6.60. The second-order valence-corrected chi connectivity index (χ2v) is 4.64. The molecule has 0 saturated heterocycles. The van der Waals surface area contributed by atoms with Gasteiger partial charge in [0.2, 0.25) is 0 Å². The zero-order valence-electron chi connectivity index (χ0n) is 10.8. The SMILES string of the molecule is CCc1cccc(CCC(O)c2ccccc2)c1. The first kappa shape index (κ1) is 12.8. The van der Waals surface area contributed by atoms with Crippen molar-refractivity contribution in [1.82, 2.24) is 0 Å². The summed E-state index contributed by atoms with van der Waals surface area (Å²) in [5.41, 5.74) is 3.68. The summed E-state index contributed by atoms with van der Waals surface area (Å²) < 4.78 is 0. The molecule has 0 spiro atoms. The quantitative estimate of drug-likeness (QED) is 0.840. The van der Waals surface area contributed by atoms with Gasteiger partial charge in [-0.1, -0.05) is 61.5 Å². The summed E-state index contributed by atoms with van der Waals surface area (Å²) in [6, 6.07) is 18.5. The molecular weight excluding hydrogens is 220 g/mol. The summed E-state index contributed by atoms with van der Waals surface area (Å²) in [5.74, 6) is 0. The van der Waals surface area contributed by atoms with Crippen LogP contribution < -0.4 is 0 Å². The van der Waals surface area contributed by atoms with E-state index in [1.807, 2.05) is 30.3 Å². The van der Waals surface area contributed by atoms with Gasteiger partial charge in [0.1, 0.15) is 0 Å². The van der Waals surface area contributed by atoms with Gasteiger partial charge in [-0.15, -0.1) is 0 Å². The van der Waals surface area contributed by atoms with Crippen LogP contribution >= 0.6 is 0 Å². The van der Waals surface area contributed by atoms with Gasteiger partial charge < -0.3 is 5.11 Å². The van der Waals surface area contributed by atoms with E-state index < -0.39 is 0 Å². The lowest BCUT2D eigenvalue weighted by atomic mass is 10.00. The summed E-state index contributed by atoms with van der Waals surface area (Å²) >= 11 is 0. The summed E-state index contributed by atoms with van der Waals surface area (Å²) in [4.78, 5) is 0. The number of benzene rings is 2. The molecule has 94 valence electrons. The third-order valence-corrected chi connectivity index (χ3v) is 3.29. The predicted molar refractivity (Wildman–Crippen MR) is 75.5 cm³/mol. The fourth-order valence-corrected chi connectivity index (χ4v) is 2.15. The van der Waals surface area contributed by atoms with Gasteiger partial charge in [0.15, 0.2) is 0 Å². The summed E-state index contributed by atoms with van der Waals surface area (Å²) in [7, 11) is 0. The topological polar surface area (TPSA) is 20.2 Å². The van der Waals surface area contributed by atoms with Gasteiger partial charge in [-0.05, 0) is 36.0 Å². The normalized spacial score (nSPS) is 12.3. The molecule has 2 aromatic carbocycles. The highest BCUT2D eigenvalue weighted by atomic mass is 16.3. The lowest BCUT2D eigenvalue weighted by Gasteiger charge is -2.11. The van der Waals surface area contributed by atoms with Crippen LogP contribution in [0.3, 0.4) is 0 Å².